The maximum Gasteiger partial charge on any atom is 0.142 e. The summed E-state index contributed by atoms with van der Waals surface area (Å²) in [5.41, 5.74) is 1.26. The van der Waals surface area contributed by atoms with Crippen molar-refractivity contribution in [2.24, 2.45) is 5.92 Å². The highest BCUT2D eigenvalue weighted by molar-refractivity contribution is 5.97. The average molecular weight is 310 g/mol. The van der Waals surface area contributed by atoms with E-state index in [2.05, 4.69) is 13.8 Å². The second-order valence-corrected chi connectivity index (χ2v) is 5.90. The number of furan rings is 1. The van der Waals surface area contributed by atoms with Crippen LogP contribution in [0.25, 0.3) is 28.2 Å². The number of hydrogen-bond donors (Lipinski definition) is 3. The van der Waals surface area contributed by atoms with Gasteiger partial charge in [0.15, 0.2) is 0 Å². The van der Waals surface area contributed by atoms with Crippen LogP contribution in [0.4, 0.5) is 0 Å². The molecular weight excluding hydrogens is 292 g/mol. The van der Waals surface area contributed by atoms with Crippen LogP contribution in [0.15, 0.2) is 47.1 Å². The molecule has 0 aliphatic carbocycles. The van der Waals surface area contributed by atoms with Crippen LogP contribution in [0.1, 0.15) is 19.4 Å². The number of rotatable bonds is 3. The standard InChI is InChI=1S/C19H18O4/c1-11(2)3-4-12-5-14-10-23-19(17(14)9-18(12)22)13-6-15(20)8-16(21)7-13/h3-11,20-22H,1-2H3/b4-3+. The lowest BCUT2D eigenvalue weighted by Crippen LogP contribution is -1.81. The van der Waals surface area contributed by atoms with Crippen LogP contribution in [0, 0.1) is 5.92 Å². The van der Waals surface area contributed by atoms with Crippen LogP contribution in [-0.2, 0) is 0 Å². The van der Waals surface area contributed by atoms with Crippen molar-refractivity contribution >= 4 is 16.8 Å². The molecule has 0 bridgehead atoms. The van der Waals surface area contributed by atoms with E-state index < -0.39 is 0 Å². The van der Waals surface area contributed by atoms with E-state index in [0.717, 1.165) is 10.9 Å². The van der Waals surface area contributed by atoms with Crippen LogP contribution in [0.2, 0.25) is 0 Å². The van der Waals surface area contributed by atoms with Crippen LogP contribution in [-0.4, -0.2) is 15.3 Å². The van der Waals surface area contributed by atoms with Crippen molar-refractivity contribution in [1.29, 1.82) is 0 Å². The summed E-state index contributed by atoms with van der Waals surface area (Å²) in [4.78, 5) is 0. The fourth-order valence-electron chi connectivity index (χ4n) is 2.48. The third kappa shape index (κ3) is 3.01. The Hall–Kier alpha value is -2.88. The summed E-state index contributed by atoms with van der Waals surface area (Å²) in [6.07, 6.45) is 5.49. The van der Waals surface area contributed by atoms with Gasteiger partial charge in [0, 0.05) is 28.0 Å². The van der Waals surface area contributed by atoms with Gasteiger partial charge in [-0.1, -0.05) is 26.0 Å². The topological polar surface area (TPSA) is 73.8 Å². The minimum Gasteiger partial charge on any atom is -0.508 e. The molecule has 0 saturated heterocycles. The largest absolute Gasteiger partial charge is 0.508 e. The average Bonchev–Trinajstić information content (AvgIpc) is 2.86. The Morgan fingerprint density at radius 3 is 2.30 bits per heavy atom. The normalized spacial score (nSPS) is 11.8. The van der Waals surface area contributed by atoms with Crippen molar-refractivity contribution in [3.63, 3.8) is 0 Å². The maximum atomic E-state index is 10.2. The Kier molecular flexibility index (Phi) is 3.74. The molecule has 4 nitrogen and oxygen atoms in total. The minimum atomic E-state index is -0.0507. The molecule has 0 fully saturated rings. The first-order valence-electron chi connectivity index (χ1n) is 7.40. The van der Waals surface area contributed by atoms with Gasteiger partial charge in [-0.25, -0.2) is 0 Å². The second-order valence-electron chi connectivity index (χ2n) is 5.90. The Labute approximate surface area is 133 Å². The first-order valence-corrected chi connectivity index (χ1v) is 7.40. The zero-order valence-corrected chi connectivity index (χ0v) is 12.9. The zero-order chi connectivity index (χ0) is 16.6. The summed E-state index contributed by atoms with van der Waals surface area (Å²) in [5.74, 6) is 0.929. The van der Waals surface area contributed by atoms with Crippen LogP contribution in [0.5, 0.6) is 17.2 Å². The number of allylic oxidation sites excluding steroid dienone is 1. The first kappa shape index (κ1) is 15.0. The van der Waals surface area contributed by atoms with Crippen molar-refractivity contribution in [2.45, 2.75) is 13.8 Å². The molecule has 3 N–H and O–H groups in total. The first-order chi connectivity index (χ1) is 10.9. The molecule has 1 aromatic heterocycles. The SMILES string of the molecule is CC(C)/C=C/c1cc2coc(-c3cc(O)cc(O)c3)c2cc1O. The molecule has 0 aliphatic heterocycles. The molecule has 3 rings (SSSR count). The van der Waals surface area contributed by atoms with Gasteiger partial charge < -0.3 is 19.7 Å². The summed E-state index contributed by atoms with van der Waals surface area (Å²) in [6, 6.07) is 7.73. The smallest absolute Gasteiger partial charge is 0.142 e. The fraction of sp³-hybridized carbons (Fsp3) is 0.158. The highest BCUT2D eigenvalue weighted by Crippen LogP contribution is 2.37. The predicted molar refractivity (Wildman–Crippen MR) is 90.5 cm³/mol. The minimum absolute atomic E-state index is 0.0507. The van der Waals surface area contributed by atoms with Gasteiger partial charge in [-0.15, -0.1) is 0 Å². The van der Waals surface area contributed by atoms with E-state index in [1.165, 1.54) is 18.2 Å². The summed E-state index contributed by atoms with van der Waals surface area (Å²) < 4.78 is 5.59. The number of phenols is 3. The van der Waals surface area contributed by atoms with Crippen molar-refractivity contribution in [3.05, 3.63) is 48.2 Å². The molecule has 23 heavy (non-hydrogen) atoms. The number of phenolic OH excluding ortho intramolecular Hbond substituents is 3. The summed E-state index contributed by atoms with van der Waals surface area (Å²) in [5, 5.41) is 31.0. The molecule has 3 aromatic rings. The van der Waals surface area contributed by atoms with Crippen molar-refractivity contribution in [2.75, 3.05) is 0 Å². The molecule has 0 amide bonds. The van der Waals surface area contributed by atoms with Gasteiger partial charge in [-0.05, 0) is 30.2 Å². The Bertz CT molecular complexity index is 868. The molecule has 0 unspecified atom stereocenters. The van der Waals surface area contributed by atoms with Gasteiger partial charge in [0.1, 0.15) is 23.0 Å². The molecule has 0 spiro atoms. The highest BCUT2D eigenvalue weighted by Gasteiger charge is 2.13. The summed E-state index contributed by atoms with van der Waals surface area (Å²) in [7, 11) is 0. The van der Waals surface area contributed by atoms with Gasteiger partial charge in [-0.2, -0.15) is 0 Å². The van der Waals surface area contributed by atoms with Gasteiger partial charge in [0.05, 0.1) is 6.26 Å². The molecule has 118 valence electrons. The Morgan fingerprint density at radius 2 is 1.65 bits per heavy atom. The molecule has 0 aliphatic rings. The summed E-state index contributed by atoms with van der Waals surface area (Å²) in [6.45, 7) is 4.13. The van der Waals surface area contributed by atoms with E-state index in [0.29, 0.717) is 22.6 Å². The molecule has 4 heteroatoms. The number of fused-ring (bicyclic) bond motifs is 1. The Morgan fingerprint density at radius 1 is 0.957 bits per heavy atom. The lowest BCUT2D eigenvalue weighted by atomic mass is 10.0. The molecule has 0 saturated carbocycles. The molecule has 1 heterocycles. The van der Waals surface area contributed by atoms with Gasteiger partial charge in [0.25, 0.3) is 0 Å². The quantitative estimate of drug-likeness (QED) is 0.644. The van der Waals surface area contributed by atoms with Crippen LogP contribution < -0.4 is 0 Å². The maximum absolute atomic E-state index is 10.2. The molecule has 2 aromatic carbocycles. The van der Waals surface area contributed by atoms with Crippen molar-refractivity contribution in [1.82, 2.24) is 0 Å². The Balaban J connectivity index is 2.13. The number of hydrogen-bond acceptors (Lipinski definition) is 4. The van der Waals surface area contributed by atoms with E-state index in [9.17, 15) is 15.3 Å². The lowest BCUT2D eigenvalue weighted by molar-refractivity contribution is 0.450. The second kappa shape index (κ2) is 5.72. The van der Waals surface area contributed by atoms with E-state index in [1.54, 1.807) is 12.3 Å². The van der Waals surface area contributed by atoms with Gasteiger partial charge in [0.2, 0.25) is 0 Å². The third-order valence-corrected chi connectivity index (χ3v) is 3.57. The van der Waals surface area contributed by atoms with E-state index in [-0.39, 0.29) is 17.2 Å². The third-order valence-electron chi connectivity index (χ3n) is 3.57. The fourth-order valence-corrected chi connectivity index (χ4v) is 2.48. The monoisotopic (exact) mass is 310 g/mol. The van der Waals surface area contributed by atoms with Crippen LogP contribution >= 0.6 is 0 Å². The van der Waals surface area contributed by atoms with Crippen molar-refractivity contribution < 1.29 is 19.7 Å². The molecular formula is C19H18O4. The van der Waals surface area contributed by atoms with Crippen LogP contribution in [0.3, 0.4) is 0 Å². The van der Waals surface area contributed by atoms with Crippen molar-refractivity contribution in [3.8, 4) is 28.6 Å². The van der Waals surface area contributed by atoms with E-state index in [4.69, 9.17) is 4.42 Å². The van der Waals surface area contributed by atoms with Gasteiger partial charge >= 0.3 is 0 Å². The highest BCUT2D eigenvalue weighted by atomic mass is 16.3. The zero-order valence-electron chi connectivity index (χ0n) is 12.9. The predicted octanol–water partition coefficient (Wildman–Crippen LogP) is 4.89. The number of benzene rings is 2. The van der Waals surface area contributed by atoms with E-state index >= 15 is 0 Å². The summed E-state index contributed by atoms with van der Waals surface area (Å²) >= 11 is 0. The number of aromatic hydroxyl groups is 3. The lowest BCUT2D eigenvalue weighted by Gasteiger charge is -2.04. The van der Waals surface area contributed by atoms with E-state index in [1.807, 2.05) is 18.2 Å². The molecule has 0 radical (unpaired) electrons. The molecule has 0 atom stereocenters. The van der Waals surface area contributed by atoms with Gasteiger partial charge in [-0.3, -0.25) is 0 Å².